The molecule has 0 atom stereocenters. The van der Waals surface area contributed by atoms with Crippen LogP contribution in [0.1, 0.15) is 66.0 Å². The summed E-state index contributed by atoms with van der Waals surface area (Å²) in [6, 6.07) is 8.42. The molecule has 1 saturated carbocycles. The molecule has 0 spiro atoms. The number of hydrogen-bond acceptors (Lipinski definition) is 6. The van der Waals surface area contributed by atoms with Crippen molar-refractivity contribution in [2.45, 2.75) is 51.7 Å². The molecule has 2 N–H and O–H groups in total. The minimum absolute atomic E-state index is 0. The minimum atomic E-state index is -0.579. The molecule has 6 rings (SSSR count). The molecule has 1 aliphatic heterocycles. The van der Waals surface area contributed by atoms with Crippen molar-refractivity contribution in [2.24, 2.45) is 0 Å². The highest BCUT2D eigenvalue weighted by atomic mass is 35.5. The molecule has 2 aliphatic rings. The molecule has 4 aromatic rings. The lowest BCUT2D eigenvalue weighted by molar-refractivity contribution is 0.102. The van der Waals surface area contributed by atoms with Crippen molar-refractivity contribution < 1.29 is 9.18 Å². The summed E-state index contributed by atoms with van der Waals surface area (Å²) in [6.07, 6.45) is 5.72. The maximum absolute atomic E-state index is 15.1. The molecule has 186 valence electrons. The van der Waals surface area contributed by atoms with E-state index in [9.17, 15) is 4.79 Å². The smallest absolute Gasteiger partial charge is 0.259 e. The van der Waals surface area contributed by atoms with Crippen molar-refractivity contribution in [1.29, 1.82) is 0 Å². The number of amides is 1. The van der Waals surface area contributed by atoms with E-state index in [-0.39, 0.29) is 24.0 Å². The number of carbonyl (C=O) groups is 1. The van der Waals surface area contributed by atoms with Crippen molar-refractivity contribution >= 4 is 24.1 Å². The van der Waals surface area contributed by atoms with Crippen molar-refractivity contribution in [2.75, 3.05) is 5.32 Å². The highest BCUT2D eigenvalue weighted by Crippen LogP contribution is 2.41. The van der Waals surface area contributed by atoms with Gasteiger partial charge in [0.15, 0.2) is 5.82 Å². The number of rotatable bonds is 5. The van der Waals surface area contributed by atoms with Crippen LogP contribution in [0.3, 0.4) is 0 Å². The van der Waals surface area contributed by atoms with Crippen molar-refractivity contribution in [3.8, 4) is 17.2 Å². The fraction of sp³-hybridized carbons (Fsp3) is 0.320. The average Bonchev–Trinajstić information content (AvgIpc) is 3.45. The molecule has 11 heteroatoms. The van der Waals surface area contributed by atoms with Crippen LogP contribution in [0.25, 0.3) is 17.2 Å². The predicted molar refractivity (Wildman–Crippen MR) is 135 cm³/mol. The highest BCUT2D eigenvalue weighted by Gasteiger charge is 2.31. The average molecular weight is 509 g/mol. The summed E-state index contributed by atoms with van der Waals surface area (Å²) >= 11 is 0. The number of benzene rings is 1. The minimum Gasteiger partial charge on any atom is -0.310 e. The van der Waals surface area contributed by atoms with Gasteiger partial charge in [0.2, 0.25) is 0 Å². The first kappa shape index (κ1) is 24.1. The number of nitrogens with zero attached hydrogens (tertiary/aromatic N) is 6. The van der Waals surface area contributed by atoms with Gasteiger partial charge in [0, 0.05) is 25.0 Å². The van der Waals surface area contributed by atoms with Crippen molar-refractivity contribution in [3.63, 3.8) is 0 Å². The molecule has 1 amide bonds. The second-order valence-corrected chi connectivity index (χ2v) is 9.30. The Morgan fingerprint density at radius 3 is 2.81 bits per heavy atom. The van der Waals surface area contributed by atoms with Gasteiger partial charge in [-0.05, 0) is 56.5 Å². The number of halogens is 2. The van der Waals surface area contributed by atoms with Gasteiger partial charge in [-0.25, -0.2) is 14.4 Å². The zero-order chi connectivity index (χ0) is 24.1. The zero-order valence-electron chi connectivity index (χ0n) is 19.9. The Hall–Kier alpha value is -3.63. The third-order valence-corrected chi connectivity index (χ3v) is 6.49. The van der Waals surface area contributed by atoms with E-state index in [1.54, 1.807) is 36.9 Å². The standard InChI is InChI=1S/C25H25FN8O.ClH/c1-14(2)33-13-29-32-24(33)19-4-3-5-22(30-19)31-25(35)17-9-20-16(8-18(17)26)10-27-11-21-23(15-6-7-15)28-12-34(20)21;/h3-5,8-9,12-15,27H,6-7,10-11H2,1-2H3,(H,30,31,35);1H. The van der Waals surface area contributed by atoms with E-state index in [4.69, 9.17) is 0 Å². The predicted octanol–water partition coefficient (Wildman–Crippen LogP) is 4.40. The molecule has 1 fully saturated rings. The van der Waals surface area contributed by atoms with Crippen LogP contribution in [0.5, 0.6) is 0 Å². The fourth-order valence-corrected chi connectivity index (χ4v) is 4.54. The van der Waals surface area contributed by atoms with Crippen LogP contribution < -0.4 is 10.6 Å². The largest absolute Gasteiger partial charge is 0.310 e. The van der Waals surface area contributed by atoms with Crippen LogP contribution in [0.2, 0.25) is 0 Å². The lowest BCUT2D eigenvalue weighted by Gasteiger charge is -2.13. The Balaban J connectivity index is 0.00000267. The monoisotopic (exact) mass is 508 g/mol. The number of hydrogen-bond donors (Lipinski definition) is 2. The molecular formula is C25H26ClFN8O. The van der Waals surface area contributed by atoms with Gasteiger partial charge in [-0.1, -0.05) is 6.07 Å². The summed E-state index contributed by atoms with van der Waals surface area (Å²) in [4.78, 5) is 22.3. The van der Waals surface area contributed by atoms with E-state index in [1.807, 2.05) is 23.0 Å². The number of carbonyl (C=O) groups excluding carboxylic acids is 1. The van der Waals surface area contributed by atoms with Gasteiger partial charge < -0.3 is 19.8 Å². The summed E-state index contributed by atoms with van der Waals surface area (Å²) in [5.74, 6) is 0.254. The summed E-state index contributed by atoms with van der Waals surface area (Å²) in [6.45, 7) is 5.21. The third kappa shape index (κ3) is 4.27. The van der Waals surface area contributed by atoms with Crippen LogP contribution in [-0.4, -0.2) is 35.2 Å². The molecular weight excluding hydrogens is 483 g/mol. The number of fused-ring (bicyclic) bond motifs is 3. The van der Waals surface area contributed by atoms with Crippen molar-refractivity contribution in [3.05, 3.63) is 71.3 Å². The Morgan fingerprint density at radius 1 is 1.19 bits per heavy atom. The van der Waals surface area contributed by atoms with Crippen molar-refractivity contribution in [1.82, 2.24) is 34.6 Å². The molecule has 0 saturated heterocycles. The Kier molecular flexibility index (Phi) is 6.31. The summed E-state index contributed by atoms with van der Waals surface area (Å²) < 4.78 is 19.0. The van der Waals surface area contributed by atoms with E-state index < -0.39 is 11.7 Å². The number of nitrogens with one attached hydrogen (secondary N) is 2. The van der Waals surface area contributed by atoms with E-state index in [1.165, 1.54) is 6.07 Å². The second-order valence-electron chi connectivity index (χ2n) is 9.30. The van der Waals surface area contributed by atoms with Crippen LogP contribution in [-0.2, 0) is 13.1 Å². The van der Waals surface area contributed by atoms with Gasteiger partial charge in [0.05, 0.1) is 29.0 Å². The molecule has 3 aromatic heterocycles. The van der Waals surface area contributed by atoms with Gasteiger partial charge in [-0.2, -0.15) is 0 Å². The zero-order valence-corrected chi connectivity index (χ0v) is 20.7. The van der Waals surface area contributed by atoms with Gasteiger partial charge >= 0.3 is 0 Å². The first-order chi connectivity index (χ1) is 17.0. The molecule has 4 heterocycles. The SMILES string of the molecule is CC(C)n1cnnc1-c1cccc(NC(=O)c2cc3c(cc2F)CNCc2c(C4CC4)ncn2-3)n1.Cl. The topological polar surface area (TPSA) is 103 Å². The fourth-order valence-electron chi connectivity index (χ4n) is 4.54. The van der Waals surface area contributed by atoms with Crippen LogP contribution in [0.4, 0.5) is 10.2 Å². The number of imidazole rings is 1. The quantitative estimate of drug-likeness (QED) is 0.414. The molecule has 36 heavy (non-hydrogen) atoms. The van der Waals surface area contributed by atoms with E-state index >= 15 is 4.39 Å². The van der Waals surface area contributed by atoms with Gasteiger partial charge in [-0.15, -0.1) is 22.6 Å². The number of aromatic nitrogens is 6. The van der Waals surface area contributed by atoms with Gasteiger partial charge in [0.25, 0.3) is 5.91 Å². The van der Waals surface area contributed by atoms with Crippen LogP contribution in [0.15, 0.2) is 43.0 Å². The molecule has 0 radical (unpaired) electrons. The molecule has 1 aliphatic carbocycles. The number of pyridine rings is 1. The normalized spacial score (nSPS) is 14.6. The lowest BCUT2D eigenvalue weighted by Crippen LogP contribution is -2.17. The van der Waals surface area contributed by atoms with Crippen LogP contribution >= 0.6 is 12.4 Å². The maximum Gasteiger partial charge on any atom is 0.259 e. The van der Waals surface area contributed by atoms with Crippen LogP contribution in [0, 0.1) is 5.82 Å². The van der Waals surface area contributed by atoms with E-state index in [2.05, 4.69) is 30.8 Å². The Bertz CT molecular complexity index is 1440. The first-order valence-electron chi connectivity index (χ1n) is 11.8. The van der Waals surface area contributed by atoms with Gasteiger partial charge in [0.1, 0.15) is 23.7 Å². The highest BCUT2D eigenvalue weighted by molar-refractivity contribution is 6.04. The summed E-state index contributed by atoms with van der Waals surface area (Å²) in [5.41, 5.74) is 4.24. The summed E-state index contributed by atoms with van der Waals surface area (Å²) in [7, 11) is 0. The van der Waals surface area contributed by atoms with E-state index in [0.717, 1.165) is 35.5 Å². The molecule has 0 unspecified atom stereocenters. The third-order valence-electron chi connectivity index (χ3n) is 6.49. The molecule has 0 bridgehead atoms. The number of anilines is 1. The maximum atomic E-state index is 15.1. The second kappa shape index (κ2) is 9.44. The molecule has 9 nitrogen and oxygen atoms in total. The van der Waals surface area contributed by atoms with Gasteiger partial charge in [-0.3, -0.25) is 4.79 Å². The Morgan fingerprint density at radius 2 is 2.03 bits per heavy atom. The summed E-state index contributed by atoms with van der Waals surface area (Å²) in [5, 5.41) is 14.2. The first-order valence-corrected chi connectivity index (χ1v) is 11.8. The lowest BCUT2D eigenvalue weighted by atomic mass is 10.1. The Labute approximate surface area is 213 Å². The molecule has 1 aromatic carbocycles. The van der Waals surface area contributed by atoms with E-state index in [0.29, 0.717) is 36.3 Å².